The van der Waals surface area contributed by atoms with Gasteiger partial charge in [0.05, 0.1) is 10.8 Å². The van der Waals surface area contributed by atoms with E-state index in [-0.39, 0.29) is 17.3 Å². The molecule has 0 saturated heterocycles. The van der Waals surface area contributed by atoms with Crippen molar-refractivity contribution in [3.63, 3.8) is 0 Å². The van der Waals surface area contributed by atoms with Gasteiger partial charge in [-0.15, -0.1) is 0 Å². The molecule has 2 rings (SSSR count). The van der Waals surface area contributed by atoms with Gasteiger partial charge in [-0.25, -0.2) is 0 Å². The molecule has 0 aliphatic rings. The molecule has 0 spiro atoms. The van der Waals surface area contributed by atoms with Crippen LogP contribution < -0.4 is 0 Å². The molecule has 0 saturated carbocycles. The van der Waals surface area contributed by atoms with Gasteiger partial charge < -0.3 is 0 Å². The van der Waals surface area contributed by atoms with Gasteiger partial charge >= 0.3 is 0 Å². The summed E-state index contributed by atoms with van der Waals surface area (Å²) in [7, 11) is 0. The highest BCUT2D eigenvalue weighted by Crippen LogP contribution is 2.33. The second kappa shape index (κ2) is 15.5. The van der Waals surface area contributed by atoms with Crippen molar-refractivity contribution in [3.8, 4) is 0 Å². The van der Waals surface area contributed by atoms with Gasteiger partial charge in [-0.3, -0.25) is 14.4 Å². The molecule has 3 nitrogen and oxygen atoms in total. The molecular formula is C37H54O3. The Bertz CT molecular complexity index is 1010. The summed E-state index contributed by atoms with van der Waals surface area (Å²) in [6, 6.07) is 17.0. The number of ketones is 3. The zero-order valence-corrected chi connectivity index (χ0v) is 26.6. The van der Waals surface area contributed by atoms with Crippen molar-refractivity contribution in [2.45, 2.75) is 130 Å². The average molecular weight is 547 g/mol. The number of rotatable bonds is 18. The number of hydrogen-bond acceptors (Lipinski definition) is 3. The van der Waals surface area contributed by atoms with Crippen molar-refractivity contribution in [1.29, 1.82) is 0 Å². The summed E-state index contributed by atoms with van der Waals surface area (Å²) in [6.45, 7) is 16.3. The molecule has 0 fully saturated rings. The van der Waals surface area contributed by atoms with Gasteiger partial charge in [0.1, 0.15) is 17.3 Å². The van der Waals surface area contributed by atoms with Gasteiger partial charge in [-0.2, -0.15) is 0 Å². The highest BCUT2D eigenvalue weighted by atomic mass is 16.1. The van der Waals surface area contributed by atoms with Crippen LogP contribution in [0.5, 0.6) is 0 Å². The summed E-state index contributed by atoms with van der Waals surface area (Å²) < 4.78 is 0. The minimum Gasteiger partial charge on any atom is -0.300 e. The van der Waals surface area contributed by atoms with Crippen LogP contribution in [0.4, 0.5) is 0 Å². The fraction of sp³-hybridized carbons (Fsp3) is 0.595. The molecule has 3 heteroatoms. The van der Waals surface area contributed by atoms with E-state index < -0.39 is 10.8 Å². The molecule has 0 aliphatic heterocycles. The van der Waals surface area contributed by atoms with Crippen molar-refractivity contribution in [3.05, 3.63) is 70.8 Å². The van der Waals surface area contributed by atoms with E-state index in [4.69, 9.17) is 0 Å². The standard InChI is InChI=1S/C37H54O3/c1-27(2)25-31-15-19-33(20-16-31)36(7,29(5)38)23-11-9-13-35(40)14-10-12-24-37(8,30(6)39)34-21-17-32(18-22-34)26-28(3)4/h15-22,27-28H,9-14,23-26H2,1-8H3. The average Bonchev–Trinajstić information content (AvgIpc) is 2.88. The fourth-order valence-electron chi connectivity index (χ4n) is 5.73. The first-order valence-electron chi connectivity index (χ1n) is 15.5. The fourth-order valence-corrected chi connectivity index (χ4v) is 5.73. The largest absolute Gasteiger partial charge is 0.300 e. The van der Waals surface area contributed by atoms with Crippen molar-refractivity contribution >= 4 is 17.3 Å². The van der Waals surface area contributed by atoms with Crippen LogP contribution in [0.15, 0.2) is 48.5 Å². The van der Waals surface area contributed by atoms with Crippen LogP contribution in [-0.4, -0.2) is 17.3 Å². The first kappa shape index (κ1) is 33.7. The van der Waals surface area contributed by atoms with Crippen LogP contribution in [0.2, 0.25) is 0 Å². The molecule has 0 N–H and O–H groups in total. The molecule has 2 unspecified atom stereocenters. The first-order valence-corrected chi connectivity index (χ1v) is 15.5. The Hall–Kier alpha value is -2.55. The summed E-state index contributed by atoms with van der Waals surface area (Å²) in [5.41, 5.74) is 3.73. The molecular weight excluding hydrogens is 492 g/mol. The summed E-state index contributed by atoms with van der Waals surface area (Å²) in [5, 5.41) is 0. The highest BCUT2D eigenvalue weighted by molar-refractivity contribution is 5.88. The van der Waals surface area contributed by atoms with Crippen molar-refractivity contribution in [2.24, 2.45) is 11.8 Å². The number of carbonyl (C=O) groups excluding carboxylic acids is 3. The van der Waals surface area contributed by atoms with Gasteiger partial charge in [0.2, 0.25) is 0 Å². The number of Topliss-reactive ketones (excluding diaryl/α,β-unsaturated/α-hetero) is 3. The second-order valence-electron chi connectivity index (χ2n) is 13.3. The SMILES string of the molecule is CC(=O)C(C)(CCCCC(=O)CCCCC(C)(C(C)=O)c1ccc(CC(C)C)cc1)c1ccc(CC(C)C)cc1. The van der Waals surface area contributed by atoms with E-state index in [1.807, 2.05) is 13.8 Å². The normalized spacial score (nSPS) is 14.7. The molecule has 2 atom stereocenters. The summed E-state index contributed by atoms with van der Waals surface area (Å²) in [4.78, 5) is 37.9. The van der Waals surface area contributed by atoms with Crippen molar-refractivity contribution < 1.29 is 14.4 Å². The number of carbonyl (C=O) groups is 3. The van der Waals surface area contributed by atoms with Crippen LogP contribution in [-0.2, 0) is 38.1 Å². The smallest absolute Gasteiger partial charge is 0.140 e. The van der Waals surface area contributed by atoms with Gasteiger partial charge in [0.15, 0.2) is 0 Å². The Morgan fingerprint density at radius 2 is 0.900 bits per heavy atom. The number of hydrogen-bond donors (Lipinski definition) is 0. The number of unbranched alkanes of at least 4 members (excludes halogenated alkanes) is 2. The lowest BCUT2D eigenvalue weighted by molar-refractivity contribution is -0.123. The molecule has 0 amide bonds. The zero-order valence-electron chi connectivity index (χ0n) is 26.6. The molecule has 40 heavy (non-hydrogen) atoms. The molecule has 2 aromatic rings. The summed E-state index contributed by atoms with van der Waals surface area (Å²) >= 11 is 0. The Morgan fingerprint density at radius 3 is 1.18 bits per heavy atom. The van der Waals surface area contributed by atoms with E-state index in [2.05, 4.69) is 76.2 Å². The van der Waals surface area contributed by atoms with E-state index in [9.17, 15) is 14.4 Å². The van der Waals surface area contributed by atoms with Gasteiger partial charge in [0.25, 0.3) is 0 Å². The molecule has 220 valence electrons. The minimum absolute atomic E-state index is 0.179. The summed E-state index contributed by atoms with van der Waals surface area (Å²) in [6.07, 6.45) is 8.03. The molecule has 0 heterocycles. The molecule has 2 aromatic carbocycles. The zero-order chi connectivity index (χ0) is 29.9. The second-order valence-corrected chi connectivity index (χ2v) is 13.3. The first-order chi connectivity index (χ1) is 18.8. The third kappa shape index (κ3) is 9.82. The molecule has 0 aromatic heterocycles. The summed E-state index contributed by atoms with van der Waals surface area (Å²) in [5.74, 6) is 1.85. The van der Waals surface area contributed by atoms with Crippen LogP contribution in [0.25, 0.3) is 0 Å². The van der Waals surface area contributed by atoms with Crippen LogP contribution in [0, 0.1) is 11.8 Å². The van der Waals surface area contributed by atoms with Crippen LogP contribution >= 0.6 is 0 Å². The maximum atomic E-state index is 12.6. The van der Waals surface area contributed by atoms with Crippen LogP contribution in [0.1, 0.15) is 129 Å². The predicted octanol–water partition coefficient (Wildman–Crippen LogP) is 9.17. The number of benzene rings is 2. The Morgan fingerprint density at radius 1 is 0.575 bits per heavy atom. The Kier molecular flexibility index (Phi) is 13.0. The lowest BCUT2D eigenvalue weighted by Gasteiger charge is -2.28. The van der Waals surface area contributed by atoms with E-state index >= 15 is 0 Å². The van der Waals surface area contributed by atoms with E-state index in [1.165, 1.54) is 11.1 Å². The quantitative estimate of drug-likeness (QED) is 0.175. The maximum Gasteiger partial charge on any atom is 0.140 e. The van der Waals surface area contributed by atoms with Crippen molar-refractivity contribution in [1.82, 2.24) is 0 Å². The molecule has 0 bridgehead atoms. The van der Waals surface area contributed by atoms with E-state index in [1.54, 1.807) is 13.8 Å². The Balaban J connectivity index is 1.81. The third-order valence-electron chi connectivity index (χ3n) is 8.79. The van der Waals surface area contributed by atoms with Gasteiger partial charge in [-0.1, -0.05) is 89.1 Å². The maximum absolute atomic E-state index is 12.6. The van der Waals surface area contributed by atoms with E-state index in [0.717, 1.165) is 62.5 Å². The lowest BCUT2D eigenvalue weighted by atomic mass is 9.74. The van der Waals surface area contributed by atoms with Gasteiger partial charge in [-0.05, 0) is 100 Å². The van der Waals surface area contributed by atoms with Crippen LogP contribution in [0.3, 0.4) is 0 Å². The highest BCUT2D eigenvalue weighted by Gasteiger charge is 2.32. The minimum atomic E-state index is -0.510. The lowest BCUT2D eigenvalue weighted by Crippen LogP contribution is -2.30. The molecule has 0 radical (unpaired) electrons. The Labute approximate surface area is 244 Å². The molecule has 0 aliphatic carbocycles. The van der Waals surface area contributed by atoms with Gasteiger partial charge in [0, 0.05) is 12.8 Å². The van der Waals surface area contributed by atoms with E-state index in [0.29, 0.717) is 24.7 Å². The predicted molar refractivity (Wildman–Crippen MR) is 168 cm³/mol. The topological polar surface area (TPSA) is 51.2 Å². The van der Waals surface area contributed by atoms with Crippen molar-refractivity contribution in [2.75, 3.05) is 0 Å². The monoisotopic (exact) mass is 546 g/mol. The third-order valence-corrected chi connectivity index (χ3v) is 8.79.